The highest BCUT2D eigenvalue weighted by Gasteiger charge is 2.50. The molecule has 0 atom stereocenters. The molecule has 82 valence electrons. The number of nitrogens with one attached hydrogen (secondary N) is 1. The molecule has 0 saturated heterocycles. The van der Waals surface area contributed by atoms with E-state index in [-0.39, 0.29) is 12.3 Å². The van der Waals surface area contributed by atoms with Crippen LogP contribution in [-0.2, 0) is 14.8 Å². The van der Waals surface area contributed by atoms with Crippen LogP contribution in [0.4, 0.5) is 0 Å². The summed E-state index contributed by atoms with van der Waals surface area (Å²) in [6.07, 6.45) is 1.56. The second-order valence-corrected chi connectivity index (χ2v) is 6.77. The van der Waals surface area contributed by atoms with E-state index in [4.69, 9.17) is 0 Å². The molecule has 1 rings (SSSR count). The first-order valence-electron chi connectivity index (χ1n) is 4.82. The van der Waals surface area contributed by atoms with E-state index in [2.05, 4.69) is 4.72 Å². The minimum atomic E-state index is -3.43. The molecule has 0 radical (unpaired) electrons. The van der Waals surface area contributed by atoms with Gasteiger partial charge >= 0.3 is 0 Å². The number of hydrogen-bond donors (Lipinski definition) is 1. The standard InChI is InChI=1S/C9H17NO3S/c1-7(2)6-8(11)10-14(12,13)9(3)4-5-9/h7H,4-6H2,1-3H3,(H,10,11). The zero-order valence-corrected chi connectivity index (χ0v) is 9.65. The molecular formula is C9H17NO3S. The molecule has 4 nitrogen and oxygen atoms in total. The van der Waals surface area contributed by atoms with Crippen molar-refractivity contribution in [2.75, 3.05) is 0 Å². The molecular weight excluding hydrogens is 202 g/mol. The molecule has 1 amide bonds. The molecule has 0 aliphatic heterocycles. The van der Waals surface area contributed by atoms with Gasteiger partial charge in [0.1, 0.15) is 0 Å². The van der Waals surface area contributed by atoms with Crippen molar-refractivity contribution < 1.29 is 13.2 Å². The van der Waals surface area contributed by atoms with Gasteiger partial charge in [0.15, 0.2) is 0 Å². The number of hydrogen-bond acceptors (Lipinski definition) is 3. The van der Waals surface area contributed by atoms with Gasteiger partial charge < -0.3 is 0 Å². The Morgan fingerprint density at radius 3 is 2.29 bits per heavy atom. The lowest BCUT2D eigenvalue weighted by Gasteiger charge is -2.12. The maximum absolute atomic E-state index is 11.6. The van der Waals surface area contributed by atoms with Crippen molar-refractivity contribution in [3.8, 4) is 0 Å². The Morgan fingerprint density at radius 2 is 1.93 bits per heavy atom. The fraction of sp³-hybridized carbons (Fsp3) is 0.889. The first kappa shape index (κ1) is 11.5. The van der Waals surface area contributed by atoms with E-state index < -0.39 is 20.7 Å². The van der Waals surface area contributed by atoms with Crippen molar-refractivity contribution >= 4 is 15.9 Å². The number of rotatable bonds is 4. The molecule has 14 heavy (non-hydrogen) atoms. The van der Waals surface area contributed by atoms with Gasteiger partial charge in [0.05, 0.1) is 4.75 Å². The number of carbonyl (C=O) groups excluding carboxylic acids is 1. The van der Waals surface area contributed by atoms with Crippen molar-refractivity contribution in [3.05, 3.63) is 0 Å². The quantitative estimate of drug-likeness (QED) is 0.768. The molecule has 1 N–H and O–H groups in total. The molecule has 1 fully saturated rings. The topological polar surface area (TPSA) is 63.2 Å². The van der Waals surface area contributed by atoms with Crippen LogP contribution in [0.5, 0.6) is 0 Å². The Bertz CT molecular complexity index is 328. The van der Waals surface area contributed by atoms with Gasteiger partial charge in [-0.25, -0.2) is 8.42 Å². The number of amides is 1. The SMILES string of the molecule is CC(C)CC(=O)NS(=O)(=O)C1(C)CC1. The zero-order chi connectivity index (χ0) is 11.0. The fourth-order valence-electron chi connectivity index (χ4n) is 1.13. The molecule has 0 heterocycles. The van der Waals surface area contributed by atoms with Crippen LogP contribution in [0.25, 0.3) is 0 Å². The number of sulfonamides is 1. The molecule has 0 bridgehead atoms. The highest BCUT2D eigenvalue weighted by atomic mass is 32.2. The summed E-state index contributed by atoms with van der Waals surface area (Å²) < 4.78 is 24.6. The summed E-state index contributed by atoms with van der Waals surface area (Å²) in [4.78, 5) is 11.3. The molecule has 0 unspecified atom stereocenters. The number of carbonyl (C=O) groups is 1. The van der Waals surface area contributed by atoms with Crippen LogP contribution in [0.1, 0.15) is 40.0 Å². The van der Waals surface area contributed by atoms with Gasteiger partial charge in [0.2, 0.25) is 15.9 Å². The molecule has 1 saturated carbocycles. The van der Waals surface area contributed by atoms with Crippen LogP contribution in [0.2, 0.25) is 0 Å². The maximum atomic E-state index is 11.6. The van der Waals surface area contributed by atoms with Gasteiger partial charge in [-0.05, 0) is 25.7 Å². The van der Waals surface area contributed by atoms with Crippen LogP contribution in [0, 0.1) is 5.92 Å². The van der Waals surface area contributed by atoms with Crippen LogP contribution >= 0.6 is 0 Å². The molecule has 0 aromatic heterocycles. The van der Waals surface area contributed by atoms with Gasteiger partial charge in [0.25, 0.3) is 0 Å². The van der Waals surface area contributed by atoms with E-state index in [1.165, 1.54) is 0 Å². The average molecular weight is 219 g/mol. The third kappa shape index (κ3) is 2.47. The smallest absolute Gasteiger partial charge is 0.240 e. The van der Waals surface area contributed by atoms with Gasteiger partial charge in [-0.1, -0.05) is 13.8 Å². The van der Waals surface area contributed by atoms with E-state index in [1.807, 2.05) is 13.8 Å². The van der Waals surface area contributed by atoms with Crippen molar-refractivity contribution in [2.24, 2.45) is 5.92 Å². The molecule has 5 heteroatoms. The lowest BCUT2D eigenvalue weighted by molar-refractivity contribution is -0.120. The van der Waals surface area contributed by atoms with Crippen LogP contribution in [0.3, 0.4) is 0 Å². The molecule has 1 aliphatic carbocycles. The van der Waals surface area contributed by atoms with Crippen LogP contribution < -0.4 is 4.72 Å². The van der Waals surface area contributed by atoms with Crippen molar-refractivity contribution in [3.63, 3.8) is 0 Å². The van der Waals surface area contributed by atoms with Crippen molar-refractivity contribution in [1.29, 1.82) is 0 Å². The summed E-state index contributed by atoms with van der Waals surface area (Å²) in [6, 6.07) is 0. The van der Waals surface area contributed by atoms with E-state index in [0.29, 0.717) is 12.8 Å². The Labute approximate surface area is 85.1 Å². The second-order valence-electron chi connectivity index (χ2n) is 4.58. The minimum Gasteiger partial charge on any atom is -0.274 e. The maximum Gasteiger partial charge on any atom is 0.240 e. The highest BCUT2D eigenvalue weighted by molar-refractivity contribution is 7.91. The van der Waals surface area contributed by atoms with E-state index in [1.54, 1.807) is 6.92 Å². The Kier molecular flexibility index (Phi) is 2.90. The first-order valence-corrected chi connectivity index (χ1v) is 6.30. The van der Waals surface area contributed by atoms with Crippen molar-refractivity contribution in [1.82, 2.24) is 4.72 Å². The summed E-state index contributed by atoms with van der Waals surface area (Å²) >= 11 is 0. The summed E-state index contributed by atoms with van der Waals surface area (Å²) in [5.41, 5.74) is 0. The Balaban J connectivity index is 2.56. The van der Waals surface area contributed by atoms with Gasteiger partial charge in [0, 0.05) is 6.42 Å². The van der Waals surface area contributed by atoms with E-state index >= 15 is 0 Å². The predicted octanol–water partition coefficient (Wildman–Crippen LogP) is 1.03. The van der Waals surface area contributed by atoms with Crippen LogP contribution in [0.15, 0.2) is 0 Å². The summed E-state index contributed by atoms with van der Waals surface area (Å²) in [5, 5.41) is 0. The third-order valence-corrected chi connectivity index (χ3v) is 4.65. The highest BCUT2D eigenvalue weighted by Crippen LogP contribution is 2.42. The molecule has 0 spiro atoms. The largest absolute Gasteiger partial charge is 0.274 e. The Morgan fingerprint density at radius 1 is 1.43 bits per heavy atom. The third-order valence-electron chi connectivity index (χ3n) is 2.44. The van der Waals surface area contributed by atoms with Gasteiger partial charge in [-0.3, -0.25) is 9.52 Å². The monoisotopic (exact) mass is 219 g/mol. The Hall–Kier alpha value is -0.580. The summed E-state index contributed by atoms with van der Waals surface area (Å²) in [7, 11) is -3.43. The van der Waals surface area contributed by atoms with Gasteiger partial charge in [-0.15, -0.1) is 0 Å². The first-order chi connectivity index (χ1) is 6.27. The second kappa shape index (κ2) is 3.53. The fourth-order valence-corrected chi connectivity index (χ4v) is 2.40. The lowest BCUT2D eigenvalue weighted by Crippen LogP contribution is -2.38. The molecule has 1 aliphatic rings. The normalized spacial score (nSPS) is 19.4. The predicted molar refractivity (Wildman–Crippen MR) is 54.2 cm³/mol. The van der Waals surface area contributed by atoms with E-state index in [0.717, 1.165) is 0 Å². The summed E-state index contributed by atoms with van der Waals surface area (Å²) in [5.74, 6) is -0.217. The average Bonchev–Trinajstić information content (AvgIpc) is 2.65. The minimum absolute atomic E-state index is 0.178. The molecule has 0 aromatic rings. The van der Waals surface area contributed by atoms with E-state index in [9.17, 15) is 13.2 Å². The van der Waals surface area contributed by atoms with Gasteiger partial charge in [-0.2, -0.15) is 0 Å². The van der Waals surface area contributed by atoms with Crippen LogP contribution in [-0.4, -0.2) is 19.1 Å². The lowest BCUT2D eigenvalue weighted by atomic mass is 10.1. The van der Waals surface area contributed by atoms with Crippen molar-refractivity contribution in [2.45, 2.75) is 44.8 Å². The molecule has 0 aromatic carbocycles. The zero-order valence-electron chi connectivity index (χ0n) is 8.83. The summed E-state index contributed by atoms with van der Waals surface area (Å²) in [6.45, 7) is 5.42.